The summed E-state index contributed by atoms with van der Waals surface area (Å²) >= 11 is 1.65. The maximum atomic E-state index is 11.9. The van der Waals surface area contributed by atoms with E-state index in [1.165, 1.54) is 13.2 Å². The van der Waals surface area contributed by atoms with Crippen LogP contribution in [0.2, 0.25) is 0 Å². The molecule has 2 heterocycles. The average molecular weight is 373 g/mol. The molecular weight excluding hydrogens is 354 g/mol. The minimum absolute atomic E-state index is 0.00218. The lowest BCUT2D eigenvalue weighted by Crippen LogP contribution is -2.04. The van der Waals surface area contributed by atoms with Gasteiger partial charge in [0, 0.05) is 6.42 Å². The van der Waals surface area contributed by atoms with E-state index in [1.54, 1.807) is 18.3 Å². The van der Waals surface area contributed by atoms with E-state index in [0.717, 1.165) is 21.6 Å². The van der Waals surface area contributed by atoms with Crippen LogP contribution in [0.1, 0.15) is 39.7 Å². The standard InChI is InChI=1S/C19H19NO5S/c1-12-14(19(22)23-2)10-13(25-12)11-24-18(21)9-5-8-17-20-15-6-3-4-7-16(15)26-17/h3-4,6-7,10H,5,8-9,11H2,1-2H3. The molecule has 0 N–H and O–H groups in total. The fourth-order valence-electron chi connectivity index (χ4n) is 2.56. The van der Waals surface area contributed by atoms with Crippen LogP contribution >= 0.6 is 11.3 Å². The first-order valence-corrected chi connectivity index (χ1v) is 9.06. The number of esters is 2. The molecule has 0 aliphatic rings. The molecule has 0 aliphatic heterocycles. The van der Waals surface area contributed by atoms with E-state index >= 15 is 0 Å². The predicted octanol–water partition coefficient (Wildman–Crippen LogP) is 4.05. The van der Waals surface area contributed by atoms with Crippen molar-refractivity contribution >= 4 is 33.5 Å². The molecule has 136 valence electrons. The molecule has 0 amide bonds. The maximum Gasteiger partial charge on any atom is 0.341 e. The normalized spacial score (nSPS) is 10.8. The second kappa shape index (κ2) is 8.14. The zero-order valence-corrected chi connectivity index (χ0v) is 15.4. The van der Waals surface area contributed by atoms with Gasteiger partial charge in [-0.2, -0.15) is 0 Å². The molecule has 0 bridgehead atoms. The highest BCUT2D eigenvalue weighted by molar-refractivity contribution is 7.18. The van der Waals surface area contributed by atoms with E-state index in [1.807, 2.05) is 24.3 Å². The molecule has 3 aromatic rings. The number of fused-ring (bicyclic) bond motifs is 1. The van der Waals surface area contributed by atoms with E-state index in [9.17, 15) is 9.59 Å². The number of thiazole rings is 1. The first-order chi connectivity index (χ1) is 12.6. The Bertz CT molecular complexity index is 894. The summed E-state index contributed by atoms with van der Waals surface area (Å²) in [6, 6.07) is 9.51. The van der Waals surface area contributed by atoms with Crippen LogP contribution in [0.25, 0.3) is 10.2 Å². The van der Waals surface area contributed by atoms with Crippen molar-refractivity contribution in [3.63, 3.8) is 0 Å². The number of carbonyl (C=O) groups excluding carboxylic acids is 2. The van der Waals surface area contributed by atoms with Crippen LogP contribution in [-0.2, 0) is 27.3 Å². The monoisotopic (exact) mass is 373 g/mol. The van der Waals surface area contributed by atoms with Gasteiger partial charge >= 0.3 is 11.9 Å². The van der Waals surface area contributed by atoms with Crippen molar-refractivity contribution in [1.29, 1.82) is 0 Å². The van der Waals surface area contributed by atoms with Gasteiger partial charge in [-0.3, -0.25) is 4.79 Å². The lowest BCUT2D eigenvalue weighted by Gasteiger charge is -2.02. The zero-order chi connectivity index (χ0) is 18.5. The van der Waals surface area contributed by atoms with Crippen molar-refractivity contribution in [3.8, 4) is 0 Å². The number of furan rings is 1. The summed E-state index contributed by atoms with van der Waals surface area (Å²) in [5.74, 6) is 0.0839. The van der Waals surface area contributed by atoms with E-state index in [4.69, 9.17) is 9.15 Å². The number of ether oxygens (including phenoxy) is 2. The van der Waals surface area contributed by atoms with Gasteiger partial charge in [0.15, 0.2) is 0 Å². The smallest absolute Gasteiger partial charge is 0.341 e. The summed E-state index contributed by atoms with van der Waals surface area (Å²) in [7, 11) is 1.31. The van der Waals surface area contributed by atoms with Crippen LogP contribution in [-0.4, -0.2) is 24.0 Å². The van der Waals surface area contributed by atoms with Crippen LogP contribution in [0.5, 0.6) is 0 Å². The minimum Gasteiger partial charge on any atom is -0.465 e. The second-order valence-corrected chi connectivity index (χ2v) is 6.88. The molecule has 0 unspecified atom stereocenters. The van der Waals surface area contributed by atoms with Gasteiger partial charge in [-0.05, 0) is 38.0 Å². The predicted molar refractivity (Wildman–Crippen MR) is 97.1 cm³/mol. The number of hydrogen-bond acceptors (Lipinski definition) is 7. The van der Waals surface area contributed by atoms with Gasteiger partial charge in [0.2, 0.25) is 0 Å². The van der Waals surface area contributed by atoms with Crippen molar-refractivity contribution < 1.29 is 23.5 Å². The Kier molecular flexibility index (Phi) is 5.68. The second-order valence-electron chi connectivity index (χ2n) is 5.76. The molecule has 3 rings (SSSR count). The molecule has 0 saturated heterocycles. The van der Waals surface area contributed by atoms with E-state index in [0.29, 0.717) is 29.9 Å². The fraction of sp³-hybridized carbons (Fsp3) is 0.316. The van der Waals surface area contributed by atoms with Crippen molar-refractivity contribution in [2.24, 2.45) is 0 Å². The Hall–Kier alpha value is -2.67. The van der Waals surface area contributed by atoms with Crippen LogP contribution in [0, 0.1) is 6.92 Å². The molecule has 0 radical (unpaired) electrons. The van der Waals surface area contributed by atoms with Crippen LogP contribution < -0.4 is 0 Å². The Morgan fingerprint density at radius 1 is 1.27 bits per heavy atom. The number of benzene rings is 1. The maximum absolute atomic E-state index is 11.9. The molecule has 7 heteroatoms. The van der Waals surface area contributed by atoms with Crippen molar-refractivity contribution in [1.82, 2.24) is 4.98 Å². The van der Waals surface area contributed by atoms with Crippen molar-refractivity contribution in [2.45, 2.75) is 32.8 Å². The van der Waals surface area contributed by atoms with Gasteiger partial charge in [-0.25, -0.2) is 9.78 Å². The SMILES string of the molecule is COC(=O)c1cc(COC(=O)CCCc2nc3ccccc3s2)oc1C. The van der Waals surface area contributed by atoms with Gasteiger partial charge in [-0.1, -0.05) is 12.1 Å². The molecule has 0 atom stereocenters. The summed E-state index contributed by atoms with van der Waals surface area (Å²) in [5, 5.41) is 1.02. The van der Waals surface area contributed by atoms with Gasteiger partial charge < -0.3 is 13.9 Å². The fourth-order valence-corrected chi connectivity index (χ4v) is 3.57. The first kappa shape index (κ1) is 18.1. The summed E-state index contributed by atoms with van der Waals surface area (Å²) in [5.41, 5.74) is 1.33. The molecule has 0 fully saturated rings. The van der Waals surface area contributed by atoms with Gasteiger partial charge in [0.25, 0.3) is 0 Å². The highest BCUT2D eigenvalue weighted by Gasteiger charge is 2.16. The molecule has 0 saturated carbocycles. The minimum atomic E-state index is -0.473. The quantitative estimate of drug-likeness (QED) is 0.581. The zero-order valence-electron chi connectivity index (χ0n) is 14.6. The average Bonchev–Trinajstić information content (AvgIpc) is 3.22. The summed E-state index contributed by atoms with van der Waals surface area (Å²) in [6.07, 6.45) is 1.71. The molecule has 6 nitrogen and oxygen atoms in total. The van der Waals surface area contributed by atoms with Crippen molar-refractivity contribution in [3.05, 3.63) is 52.4 Å². The van der Waals surface area contributed by atoms with E-state index in [-0.39, 0.29) is 12.6 Å². The van der Waals surface area contributed by atoms with Gasteiger partial charge in [-0.15, -0.1) is 11.3 Å². The Balaban J connectivity index is 1.45. The molecule has 2 aromatic heterocycles. The van der Waals surface area contributed by atoms with E-state index < -0.39 is 5.97 Å². The van der Waals surface area contributed by atoms with Crippen LogP contribution in [0.15, 0.2) is 34.7 Å². The number of carbonyl (C=O) groups is 2. The van der Waals surface area contributed by atoms with Gasteiger partial charge in [0.1, 0.15) is 23.7 Å². The number of aromatic nitrogens is 1. The summed E-state index contributed by atoms with van der Waals surface area (Å²) < 4.78 is 16.4. The number of aryl methyl sites for hydroxylation is 2. The number of nitrogens with zero attached hydrogens (tertiary/aromatic N) is 1. The molecule has 0 spiro atoms. The third kappa shape index (κ3) is 4.29. The first-order valence-electron chi connectivity index (χ1n) is 8.24. The third-order valence-corrected chi connectivity index (χ3v) is 4.96. The molecule has 0 aliphatic carbocycles. The number of hydrogen-bond donors (Lipinski definition) is 0. The highest BCUT2D eigenvalue weighted by atomic mass is 32.1. The number of methoxy groups -OCH3 is 1. The van der Waals surface area contributed by atoms with Crippen LogP contribution in [0.4, 0.5) is 0 Å². The number of rotatable bonds is 7. The third-order valence-electron chi connectivity index (χ3n) is 3.86. The number of para-hydroxylation sites is 1. The highest BCUT2D eigenvalue weighted by Crippen LogP contribution is 2.23. The molecule has 1 aromatic carbocycles. The largest absolute Gasteiger partial charge is 0.465 e. The summed E-state index contributed by atoms with van der Waals surface area (Å²) in [6.45, 7) is 1.66. The van der Waals surface area contributed by atoms with Crippen molar-refractivity contribution in [2.75, 3.05) is 7.11 Å². The summed E-state index contributed by atoms with van der Waals surface area (Å²) in [4.78, 5) is 28.0. The Morgan fingerprint density at radius 2 is 2.08 bits per heavy atom. The lowest BCUT2D eigenvalue weighted by atomic mass is 10.2. The lowest BCUT2D eigenvalue weighted by molar-refractivity contribution is -0.145. The molecule has 26 heavy (non-hydrogen) atoms. The Labute approximate surface area is 154 Å². The Morgan fingerprint density at radius 3 is 2.85 bits per heavy atom. The van der Waals surface area contributed by atoms with E-state index in [2.05, 4.69) is 9.72 Å². The molecular formula is C19H19NO5S. The van der Waals surface area contributed by atoms with Crippen LogP contribution in [0.3, 0.4) is 0 Å². The van der Waals surface area contributed by atoms with Gasteiger partial charge in [0.05, 0.1) is 22.3 Å². The topological polar surface area (TPSA) is 78.6 Å².